The van der Waals surface area contributed by atoms with Crippen molar-refractivity contribution in [3.8, 4) is 0 Å². The van der Waals surface area contributed by atoms with Crippen LogP contribution < -0.4 is 5.32 Å². The van der Waals surface area contributed by atoms with Crippen molar-refractivity contribution in [2.24, 2.45) is 5.92 Å². The van der Waals surface area contributed by atoms with Gasteiger partial charge in [0.05, 0.1) is 6.61 Å². The standard InChI is InChI=1S/C17H29BrN2O/c1-5-20(8-9-21-4)13-16-7-6-15(10-17(16)18)12-19-11-14(2)3/h6-7,10,14,19H,5,8-9,11-13H2,1-4H3. The second-order valence-corrected chi connectivity index (χ2v) is 6.67. The van der Waals surface area contributed by atoms with E-state index in [-0.39, 0.29) is 0 Å². The molecule has 1 aromatic rings. The Hall–Kier alpha value is -0.420. The van der Waals surface area contributed by atoms with Crippen LogP contribution in [0.5, 0.6) is 0 Å². The summed E-state index contributed by atoms with van der Waals surface area (Å²) >= 11 is 3.71. The van der Waals surface area contributed by atoms with Gasteiger partial charge >= 0.3 is 0 Å². The lowest BCUT2D eigenvalue weighted by molar-refractivity contribution is 0.147. The van der Waals surface area contributed by atoms with Gasteiger partial charge in [0.25, 0.3) is 0 Å². The molecule has 0 radical (unpaired) electrons. The van der Waals surface area contributed by atoms with Crippen molar-refractivity contribution >= 4 is 15.9 Å². The van der Waals surface area contributed by atoms with Crippen LogP contribution >= 0.6 is 15.9 Å². The van der Waals surface area contributed by atoms with Crippen LogP contribution in [0, 0.1) is 5.92 Å². The number of methoxy groups -OCH3 is 1. The minimum Gasteiger partial charge on any atom is -0.383 e. The highest BCUT2D eigenvalue weighted by Gasteiger charge is 2.07. The quantitative estimate of drug-likeness (QED) is 0.692. The molecule has 0 amide bonds. The third-order valence-electron chi connectivity index (χ3n) is 3.45. The normalized spacial score (nSPS) is 11.6. The number of halogens is 1. The van der Waals surface area contributed by atoms with Gasteiger partial charge in [0, 0.05) is 31.2 Å². The topological polar surface area (TPSA) is 24.5 Å². The first-order valence-electron chi connectivity index (χ1n) is 7.76. The van der Waals surface area contributed by atoms with E-state index < -0.39 is 0 Å². The highest BCUT2D eigenvalue weighted by Crippen LogP contribution is 2.20. The van der Waals surface area contributed by atoms with E-state index in [1.807, 2.05) is 0 Å². The average Bonchev–Trinajstić information content (AvgIpc) is 2.45. The molecule has 3 nitrogen and oxygen atoms in total. The van der Waals surface area contributed by atoms with E-state index in [4.69, 9.17) is 4.74 Å². The van der Waals surface area contributed by atoms with Crippen LogP contribution in [0.3, 0.4) is 0 Å². The maximum atomic E-state index is 5.16. The molecular formula is C17H29BrN2O. The molecule has 1 rings (SSSR count). The fraction of sp³-hybridized carbons (Fsp3) is 0.647. The van der Waals surface area contributed by atoms with Gasteiger partial charge in [0.2, 0.25) is 0 Å². The van der Waals surface area contributed by atoms with Crippen LogP contribution in [0.2, 0.25) is 0 Å². The summed E-state index contributed by atoms with van der Waals surface area (Å²) in [6.07, 6.45) is 0. The molecule has 4 heteroatoms. The predicted octanol–water partition coefficient (Wildman–Crippen LogP) is 3.66. The van der Waals surface area contributed by atoms with Crippen LogP contribution in [0.4, 0.5) is 0 Å². The molecule has 0 saturated carbocycles. The summed E-state index contributed by atoms with van der Waals surface area (Å²) in [4.78, 5) is 2.39. The maximum Gasteiger partial charge on any atom is 0.0589 e. The van der Waals surface area contributed by atoms with E-state index in [9.17, 15) is 0 Å². The van der Waals surface area contributed by atoms with Gasteiger partial charge in [-0.05, 0) is 36.2 Å². The monoisotopic (exact) mass is 356 g/mol. The zero-order chi connectivity index (χ0) is 15.7. The number of ether oxygens (including phenoxy) is 1. The molecule has 0 aliphatic rings. The third-order valence-corrected chi connectivity index (χ3v) is 4.19. The van der Waals surface area contributed by atoms with Gasteiger partial charge in [-0.25, -0.2) is 0 Å². The average molecular weight is 357 g/mol. The van der Waals surface area contributed by atoms with Crippen LogP contribution in [-0.2, 0) is 17.8 Å². The minimum absolute atomic E-state index is 0.687. The number of nitrogens with one attached hydrogen (secondary N) is 1. The highest BCUT2D eigenvalue weighted by molar-refractivity contribution is 9.10. The van der Waals surface area contributed by atoms with E-state index in [0.29, 0.717) is 5.92 Å². The van der Waals surface area contributed by atoms with E-state index in [1.165, 1.54) is 15.6 Å². The minimum atomic E-state index is 0.687. The first-order chi connectivity index (χ1) is 10.1. The first kappa shape index (κ1) is 18.6. The van der Waals surface area contributed by atoms with Crippen LogP contribution in [0.25, 0.3) is 0 Å². The van der Waals surface area contributed by atoms with Gasteiger partial charge in [-0.15, -0.1) is 0 Å². The number of hydrogen-bond donors (Lipinski definition) is 1. The molecule has 120 valence electrons. The molecule has 0 heterocycles. The highest BCUT2D eigenvalue weighted by atomic mass is 79.9. The second-order valence-electron chi connectivity index (χ2n) is 5.81. The molecule has 0 fully saturated rings. The third kappa shape index (κ3) is 7.41. The number of likely N-dealkylation sites (N-methyl/N-ethyl adjacent to an activating group) is 1. The van der Waals surface area contributed by atoms with Crippen molar-refractivity contribution in [1.29, 1.82) is 0 Å². The van der Waals surface area contributed by atoms with Crippen molar-refractivity contribution in [1.82, 2.24) is 10.2 Å². The van der Waals surface area contributed by atoms with Gasteiger partial charge in [-0.2, -0.15) is 0 Å². The van der Waals surface area contributed by atoms with Crippen LogP contribution in [0.1, 0.15) is 31.9 Å². The summed E-state index contributed by atoms with van der Waals surface area (Å²) in [6.45, 7) is 12.4. The summed E-state index contributed by atoms with van der Waals surface area (Å²) in [5.74, 6) is 0.687. The lowest BCUT2D eigenvalue weighted by Crippen LogP contribution is -2.26. The van der Waals surface area contributed by atoms with Crippen LogP contribution in [-0.4, -0.2) is 38.3 Å². The molecule has 0 aliphatic carbocycles. The molecule has 0 unspecified atom stereocenters. The first-order valence-corrected chi connectivity index (χ1v) is 8.55. The molecule has 0 aliphatic heterocycles. The van der Waals surface area contributed by atoms with Gasteiger partial charge in [-0.1, -0.05) is 48.8 Å². The Labute approximate surface area is 138 Å². The molecule has 21 heavy (non-hydrogen) atoms. The molecule has 0 saturated heterocycles. The fourth-order valence-corrected chi connectivity index (χ4v) is 2.70. The van der Waals surface area contributed by atoms with Gasteiger partial charge in [0.15, 0.2) is 0 Å². The molecule has 1 aromatic carbocycles. The number of rotatable bonds is 10. The van der Waals surface area contributed by atoms with Gasteiger partial charge < -0.3 is 10.1 Å². The summed E-state index contributed by atoms with van der Waals surface area (Å²) < 4.78 is 6.36. The fourth-order valence-electron chi connectivity index (χ4n) is 2.14. The van der Waals surface area contributed by atoms with Crippen LogP contribution in [0.15, 0.2) is 22.7 Å². The number of hydrogen-bond acceptors (Lipinski definition) is 3. The smallest absolute Gasteiger partial charge is 0.0589 e. The zero-order valence-electron chi connectivity index (χ0n) is 13.8. The molecule has 0 bridgehead atoms. The molecule has 0 aromatic heterocycles. The number of nitrogens with zero attached hydrogens (tertiary/aromatic N) is 1. The summed E-state index contributed by atoms with van der Waals surface area (Å²) in [5, 5.41) is 3.48. The lowest BCUT2D eigenvalue weighted by Gasteiger charge is -2.21. The Morgan fingerprint density at radius 2 is 2.10 bits per heavy atom. The Balaban J connectivity index is 2.56. The Bertz CT molecular complexity index is 410. The maximum absolute atomic E-state index is 5.16. The predicted molar refractivity (Wildman–Crippen MR) is 93.5 cm³/mol. The number of benzene rings is 1. The van der Waals surface area contributed by atoms with Crippen molar-refractivity contribution in [2.45, 2.75) is 33.9 Å². The summed E-state index contributed by atoms with van der Waals surface area (Å²) in [5.41, 5.74) is 2.66. The SMILES string of the molecule is CCN(CCOC)Cc1ccc(CNCC(C)C)cc1Br. The lowest BCUT2D eigenvalue weighted by atomic mass is 10.1. The Morgan fingerprint density at radius 3 is 2.67 bits per heavy atom. The largest absolute Gasteiger partial charge is 0.383 e. The van der Waals surface area contributed by atoms with Crippen molar-refractivity contribution in [3.63, 3.8) is 0 Å². The Kier molecular flexibility index (Phi) is 9.16. The molecule has 1 N–H and O–H groups in total. The van der Waals surface area contributed by atoms with E-state index in [0.717, 1.165) is 39.3 Å². The van der Waals surface area contributed by atoms with Crippen molar-refractivity contribution in [3.05, 3.63) is 33.8 Å². The van der Waals surface area contributed by atoms with Gasteiger partial charge in [-0.3, -0.25) is 4.90 Å². The van der Waals surface area contributed by atoms with E-state index in [2.05, 4.69) is 65.1 Å². The molecular weight excluding hydrogens is 328 g/mol. The van der Waals surface area contributed by atoms with Gasteiger partial charge in [0.1, 0.15) is 0 Å². The molecule has 0 spiro atoms. The van der Waals surface area contributed by atoms with E-state index >= 15 is 0 Å². The summed E-state index contributed by atoms with van der Waals surface area (Å²) in [7, 11) is 1.75. The zero-order valence-corrected chi connectivity index (χ0v) is 15.4. The van der Waals surface area contributed by atoms with E-state index in [1.54, 1.807) is 7.11 Å². The summed E-state index contributed by atoms with van der Waals surface area (Å²) in [6, 6.07) is 6.68. The van der Waals surface area contributed by atoms with Crippen molar-refractivity contribution in [2.75, 3.05) is 33.4 Å². The van der Waals surface area contributed by atoms with Crippen molar-refractivity contribution < 1.29 is 4.74 Å². The second kappa shape index (κ2) is 10.3. The molecule has 0 atom stereocenters. The Morgan fingerprint density at radius 1 is 1.33 bits per heavy atom.